The van der Waals surface area contributed by atoms with Crippen LogP contribution in [0.5, 0.6) is 17.2 Å². The first kappa shape index (κ1) is 20.5. The van der Waals surface area contributed by atoms with Gasteiger partial charge in [-0.2, -0.15) is 0 Å². The fraction of sp³-hybridized carbons (Fsp3) is 0.450. The third kappa shape index (κ3) is 6.13. The average Bonchev–Trinajstić information content (AvgIpc) is 3.08. The number of aliphatic imine (C=N–C) groups is 1. The summed E-state index contributed by atoms with van der Waals surface area (Å²) in [6, 6.07) is 9.68. The summed E-state index contributed by atoms with van der Waals surface area (Å²) in [6.07, 6.45) is 2.89. The van der Waals surface area contributed by atoms with Crippen LogP contribution < -0.4 is 19.5 Å². The maximum atomic E-state index is 5.81. The van der Waals surface area contributed by atoms with Crippen molar-refractivity contribution in [3.05, 3.63) is 42.2 Å². The fourth-order valence-electron chi connectivity index (χ4n) is 2.69. The Balaban J connectivity index is 1.76. The molecule has 0 aliphatic rings. The molecule has 1 aromatic carbocycles. The minimum Gasteiger partial charge on any atom is -0.496 e. The standard InChI is InChI=1S/C20H30N4O3/c1-21-20(24(3)15-16-8-6-10-23(16)2)22-9-7-11-27-19-13-17(25-4)12-18(14-19)26-5/h6,8,10,12-14H,7,9,11,15H2,1-5H3,(H,21,22). The van der Waals surface area contributed by atoms with E-state index in [-0.39, 0.29) is 0 Å². The van der Waals surface area contributed by atoms with Gasteiger partial charge in [-0.15, -0.1) is 0 Å². The molecule has 0 aliphatic heterocycles. The molecule has 7 heteroatoms. The van der Waals surface area contributed by atoms with Crippen molar-refractivity contribution in [3.63, 3.8) is 0 Å². The molecule has 2 aromatic rings. The second kappa shape index (κ2) is 10.4. The van der Waals surface area contributed by atoms with Gasteiger partial charge >= 0.3 is 0 Å². The molecule has 0 aliphatic carbocycles. The zero-order valence-electron chi connectivity index (χ0n) is 16.9. The van der Waals surface area contributed by atoms with Crippen LogP contribution in [0.3, 0.4) is 0 Å². The van der Waals surface area contributed by atoms with Crippen molar-refractivity contribution in [2.45, 2.75) is 13.0 Å². The molecular weight excluding hydrogens is 344 g/mol. The van der Waals surface area contributed by atoms with Gasteiger partial charge in [0.25, 0.3) is 0 Å². The number of rotatable bonds is 9. The molecule has 2 rings (SSSR count). The predicted molar refractivity (Wildman–Crippen MR) is 108 cm³/mol. The number of ether oxygens (including phenoxy) is 3. The number of nitrogens with one attached hydrogen (secondary N) is 1. The van der Waals surface area contributed by atoms with E-state index in [9.17, 15) is 0 Å². The first-order chi connectivity index (χ1) is 13.1. The van der Waals surface area contributed by atoms with E-state index in [1.807, 2.05) is 44.6 Å². The summed E-state index contributed by atoms with van der Waals surface area (Å²) in [5, 5.41) is 3.37. The molecule has 0 unspecified atom stereocenters. The van der Waals surface area contributed by atoms with E-state index in [1.54, 1.807) is 21.3 Å². The largest absolute Gasteiger partial charge is 0.496 e. The zero-order chi connectivity index (χ0) is 19.6. The lowest BCUT2D eigenvalue weighted by Crippen LogP contribution is -2.39. The minimum atomic E-state index is 0.585. The lowest BCUT2D eigenvalue weighted by molar-refractivity contribution is 0.304. The van der Waals surface area contributed by atoms with Gasteiger partial charge in [0.15, 0.2) is 5.96 Å². The second-order valence-corrected chi connectivity index (χ2v) is 6.19. The van der Waals surface area contributed by atoms with Gasteiger partial charge < -0.3 is 29.0 Å². The Labute approximate surface area is 161 Å². The van der Waals surface area contributed by atoms with E-state index in [0.29, 0.717) is 18.1 Å². The Morgan fingerprint density at radius 1 is 1.15 bits per heavy atom. The normalized spacial score (nSPS) is 11.2. The molecular formula is C20H30N4O3. The highest BCUT2D eigenvalue weighted by molar-refractivity contribution is 5.79. The number of benzene rings is 1. The number of hydrogen-bond acceptors (Lipinski definition) is 4. The molecule has 1 N–H and O–H groups in total. The third-order valence-electron chi connectivity index (χ3n) is 4.22. The van der Waals surface area contributed by atoms with E-state index in [0.717, 1.165) is 31.2 Å². The lowest BCUT2D eigenvalue weighted by atomic mass is 10.3. The predicted octanol–water partition coefficient (Wildman–Crippen LogP) is 2.52. The number of hydrogen-bond donors (Lipinski definition) is 1. The van der Waals surface area contributed by atoms with Gasteiger partial charge in [0.05, 0.1) is 27.4 Å². The maximum Gasteiger partial charge on any atom is 0.193 e. The quantitative estimate of drug-likeness (QED) is 0.415. The van der Waals surface area contributed by atoms with Gasteiger partial charge in [0.2, 0.25) is 0 Å². The van der Waals surface area contributed by atoms with Crippen LogP contribution in [-0.4, -0.2) is 56.9 Å². The highest BCUT2D eigenvalue weighted by atomic mass is 16.5. The van der Waals surface area contributed by atoms with Gasteiger partial charge in [-0.25, -0.2) is 0 Å². The van der Waals surface area contributed by atoms with Gasteiger partial charge in [0.1, 0.15) is 17.2 Å². The van der Waals surface area contributed by atoms with E-state index >= 15 is 0 Å². The Morgan fingerprint density at radius 2 is 1.81 bits per heavy atom. The summed E-state index contributed by atoms with van der Waals surface area (Å²) < 4.78 is 18.4. The smallest absolute Gasteiger partial charge is 0.193 e. The van der Waals surface area contributed by atoms with Gasteiger partial charge in [-0.05, 0) is 18.6 Å². The van der Waals surface area contributed by atoms with Crippen molar-refractivity contribution in [3.8, 4) is 17.2 Å². The zero-order valence-corrected chi connectivity index (χ0v) is 16.9. The minimum absolute atomic E-state index is 0.585. The molecule has 27 heavy (non-hydrogen) atoms. The monoisotopic (exact) mass is 374 g/mol. The Bertz CT molecular complexity index is 720. The SMILES string of the molecule is CN=C(NCCCOc1cc(OC)cc(OC)c1)N(C)Cc1cccn1C. The highest BCUT2D eigenvalue weighted by Crippen LogP contribution is 2.27. The topological polar surface area (TPSA) is 60.3 Å². The molecule has 1 aromatic heterocycles. The summed E-state index contributed by atoms with van der Waals surface area (Å²) in [7, 11) is 9.12. The third-order valence-corrected chi connectivity index (χ3v) is 4.22. The summed E-state index contributed by atoms with van der Waals surface area (Å²) in [5.41, 5.74) is 1.23. The summed E-state index contributed by atoms with van der Waals surface area (Å²) in [5.74, 6) is 3.02. The highest BCUT2D eigenvalue weighted by Gasteiger charge is 2.08. The van der Waals surface area contributed by atoms with Crippen molar-refractivity contribution in [2.24, 2.45) is 12.0 Å². The van der Waals surface area contributed by atoms with Crippen LogP contribution >= 0.6 is 0 Å². The van der Waals surface area contributed by atoms with Crippen LogP contribution in [0, 0.1) is 0 Å². The Hall–Kier alpha value is -2.83. The number of guanidine groups is 1. The molecule has 0 bridgehead atoms. The number of methoxy groups -OCH3 is 2. The van der Waals surface area contributed by atoms with Crippen LogP contribution in [0.25, 0.3) is 0 Å². The van der Waals surface area contributed by atoms with Crippen molar-refractivity contribution in [2.75, 3.05) is 41.5 Å². The first-order valence-corrected chi connectivity index (χ1v) is 8.95. The number of aromatic nitrogens is 1. The van der Waals surface area contributed by atoms with Crippen molar-refractivity contribution < 1.29 is 14.2 Å². The molecule has 0 atom stereocenters. The first-order valence-electron chi connectivity index (χ1n) is 8.95. The van der Waals surface area contributed by atoms with E-state index < -0.39 is 0 Å². The Morgan fingerprint density at radius 3 is 2.37 bits per heavy atom. The number of aryl methyl sites for hydroxylation is 1. The Kier molecular flexibility index (Phi) is 7.85. The van der Waals surface area contributed by atoms with Crippen molar-refractivity contribution in [1.29, 1.82) is 0 Å². The molecule has 0 saturated heterocycles. The number of nitrogens with zero attached hydrogens (tertiary/aromatic N) is 3. The summed E-state index contributed by atoms with van der Waals surface area (Å²) in [4.78, 5) is 6.45. The summed E-state index contributed by atoms with van der Waals surface area (Å²) >= 11 is 0. The van der Waals surface area contributed by atoms with Gasteiger partial charge in [-0.1, -0.05) is 0 Å². The van der Waals surface area contributed by atoms with Crippen LogP contribution in [0.4, 0.5) is 0 Å². The van der Waals surface area contributed by atoms with Crippen molar-refractivity contribution in [1.82, 2.24) is 14.8 Å². The second-order valence-electron chi connectivity index (χ2n) is 6.19. The van der Waals surface area contributed by atoms with Crippen molar-refractivity contribution >= 4 is 5.96 Å². The van der Waals surface area contributed by atoms with E-state index in [4.69, 9.17) is 14.2 Å². The average molecular weight is 374 g/mol. The summed E-state index contributed by atoms with van der Waals surface area (Å²) in [6.45, 7) is 2.15. The van der Waals surface area contributed by atoms with Crippen LogP contribution in [0.2, 0.25) is 0 Å². The van der Waals surface area contributed by atoms with Crippen LogP contribution in [-0.2, 0) is 13.6 Å². The molecule has 0 amide bonds. The van der Waals surface area contributed by atoms with E-state index in [1.165, 1.54) is 5.69 Å². The molecule has 0 radical (unpaired) electrons. The van der Waals surface area contributed by atoms with Crippen LogP contribution in [0.15, 0.2) is 41.5 Å². The van der Waals surface area contributed by atoms with Gasteiger partial charge in [-0.3, -0.25) is 4.99 Å². The molecule has 0 spiro atoms. The van der Waals surface area contributed by atoms with E-state index in [2.05, 4.69) is 25.8 Å². The van der Waals surface area contributed by atoms with Gasteiger partial charge in [0, 0.05) is 57.8 Å². The fourth-order valence-corrected chi connectivity index (χ4v) is 2.69. The molecule has 0 saturated carbocycles. The van der Waals surface area contributed by atoms with Crippen LogP contribution in [0.1, 0.15) is 12.1 Å². The molecule has 148 valence electrons. The maximum absolute atomic E-state index is 5.81. The molecule has 0 fully saturated rings. The lowest BCUT2D eigenvalue weighted by Gasteiger charge is -2.22. The molecule has 1 heterocycles. The molecule has 7 nitrogen and oxygen atoms in total.